The Bertz CT molecular complexity index is 987. The van der Waals surface area contributed by atoms with Gasteiger partial charge in [-0.2, -0.15) is 10.1 Å². The minimum absolute atomic E-state index is 0.187. The van der Waals surface area contributed by atoms with Crippen molar-refractivity contribution in [2.45, 2.75) is 27.3 Å². The molecule has 3 aromatic rings. The highest BCUT2D eigenvalue weighted by atomic mass is 16.2. The second-order valence-electron chi connectivity index (χ2n) is 6.27. The Balaban J connectivity index is 1.77. The lowest BCUT2D eigenvalue weighted by molar-refractivity contribution is -0.117. The first-order valence-electron chi connectivity index (χ1n) is 8.31. The summed E-state index contributed by atoms with van der Waals surface area (Å²) in [5, 5.41) is 6.94. The van der Waals surface area contributed by atoms with E-state index in [1.807, 2.05) is 63.2 Å². The summed E-state index contributed by atoms with van der Waals surface area (Å²) in [5.74, 6) is -0.316. The molecule has 0 radical (unpaired) electrons. The zero-order valence-corrected chi connectivity index (χ0v) is 15.0. The first-order valence-corrected chi connectivity index (χ1v) is 8.31. The molecule has 26 heavy (non-hydrogen) atoms. The molecule has 1 aromatic heterocycles. The van der Waals surface area contributed by atoms with Gasteiger partial charge in [-0.1, -0.05) is 48.0 Å². The van der Waals surface area contributed by atoms with Crippen LogP contribution in [0.5, 0.6) is 0 Å². The van der Waals surface area contributed by atoms with Gasteiger partial charge >= 0.3 is 5.69 Å². The van der Waals surface area contributed by atoms with Gasteiger partial charge < -0.3 is 5.32 Å². The fourth-order valence-electron chi connectivity index (χ4n) is 2.91. The highest BCUT2D eigenvalue weighted by Crippen LogP contribution is 2.21. The maximum absolute atomic E-state index is 12.3. The zero-order valence-electron chi connectivity index (χ0n) is 15.0. The maximum atomic E-state index is 12.3. The Morgan fingerprint density at radius 3 is 2.35 bits per heavy atom. The monoisotopic (exact) mass is 348 g/mol. The predicted octanol–water partition coefficient (Wildman–Crippen LogP) is 2.87. The van der Waals surface area contributed by atoms with E-state index in [1.54, 1.807) is 0 Å². The third-order valence-corrected chi connectivity index (χ3v) is 4.06. The summed E-state index contributed by atoms with van der Waals surface area (Å²) in [6, 6.07) is 13.3. The number of aromatic nitrogens is 3. The number of nitrogens with zero attached hydrogens (tertiary/aromatic N) is 3. The molecule has 0 aliphatic rings. The van der Waals surface area contributed by atoms with E-state index in [1.165, 1.54) is 6.20 Å². The Morgan fingerprint density at radius 1 is 1.08 bits per heavy atom. The number of aryl methyl sites for hydroxylation is 3. The van der Waals surface area contributed by atoms with E-state index in [0.29, 0.717) is 5.69 Å². The van der Waals surface area contributed by atoms with E-state index in [9.17, 15) is 9.59 Å². The van der Waals surface area contributed by atoms with Crippen molar-refractivity contribution in [1.82, 2.24) is 14.8 Å². The molecule has 6 heteroatoms. The van der Waals surface area contributed by atoms with Crippen LogP contribution in [0.4, 0.5) is 5.69 Å². The SMILES string of the molecule is Cc1cc(C)c(NC(=O)Cn2ncc(-c3ccccc3)nc2=O)c(C)c1. The first kappa shape index (κ1) is 17.5. The summed E-state index contributed by atoms with van der Waals surface area (Å²) in [6.45, 7) is 5.70. The fourth-order valence-corrected chi connectivity index (χ4v) is 2.91. The van der Waals surface area contributed by atoms with Gasteiger partial charge in [0.05, 0.1) is 11.9 Å². The van der Waals surface area contributed by atoms with Crippen molar-refractivity contribution in [3.05, 3.63) is 75.8 Å². The van der Waals surface area contributed by atoms with E-state index in [-0.39, 0.29) is 12.5 Å². The summed E-state index contributed by atoms with van der Waals surface area (Å²) in [4.78, 5) is 28.5. The molecule has 1 amide bonds. The van der Waals surface area contributed by atoms with Gasteiger partial charge in [-0.3, -0.25) is 4.79 Å². The van der Waals surface area contributed by atoms with Gasteiger partial charge in [0, 0.05) is 11.3 Å². The van der Waals surface area contributed by atoms with Crippen molar-refractivity contribution >= 4 is 11.6 Å². The molecule has 0 aliphatic heterocycles. The molecule has 1 heterocycles. The molecule has 0 unspecified atom stereocenters. The summed E-state index contributed by atoms with van der Waals surface area (Å²) >= 11 is 0. The van der Waals surface area contributed by atoms with Crippen LogP contribution < -0.4 is 11.0 Å². The van der Waals surface area contributed by atoms with E-state index in [2.05, 4.69) is 15.4 Å². The Morgan fingerprint density at radius 2 is 1.73 bits per heavy atom. The molecule has 0 bridgehead atoms. The van der Waals surface area contributed by atoms with Crippen LogP contribution in [0.25, 0.3) is 11.3 Å². The average molecular weight is 348 g/mol. The number of amides is 1. The molecule has 1 N–H and O–H groups in total. The minimum Gasteiger partial charge on any atom is -0.324 e. The number of carbonyl (C=O) groups excluding carboxylic acids is 1. The third kappa shape index (κ3) is 3.85. The lowest BCUT2D eigenvalue weighted by Gasteiger charge is -2.13. The molecule has 0 saturated carbocycles. The molecule has 132 valence electrons. The van der Waals surface area contributed by atoms with Gasteiger partial charge in [0.2, 0.25) is 5.91 Å². The smallest absolute Gasteiger partial charge is 0.324 e. The molecule has 0 saturated heterocycles. The van der Waals surface area contributed by atoms with Crippen LogP contribution in [0.2, 0.25) is 0 Å². The lowest BCUT2D eigenvalue weighted by Crippen LogP contribution is -2.31. The maximum Gasteiger partial charge on any atom is 0.365 e. The van der Waals surface area contributed by atoms with Gasteiger partial charge in [-0.15, -0.1) is 0 Å². The highest BCUT2D eigenvalue weighted by molar-refractivity contribution is 5.92. The van der Waals surface area contributed by atoms with E-state index in [0.717, 1.165) is 32.6 Å². The Labute approximate surface area is 151 Å². The molecule has 0 atom stereocenters. The van der Waals surface area contributed by atoms with Gasteiger partial charge in [0.25, 0.3) is 0 Å². The molecule has 0 aliphatic carbocycles. The summed E-state index contributed by atoms with van der Waals surface area (Å²) in [7, 11) is 0. The van der Waals surface area contributed by atoms with Crippen LogP contribution in [0, 0.1) is 20.8 Å². The van der Waals surface area contributed by atoms with Gasteiger partial charge in [0.15, 0.2) is 0 Å². The van der Waals surface area contributed by atoms with Crippen LogP contribution >= 0.6 is 0 Å². The van der Waals surface area contributed by atoms with Crippen LogP contribution in [-0.2, 0) is 11.3 Å². The standard InChI is InChI=1S/C20H20N4O2/c1-13-9-14(2)19(15(3)10-13)23-18(25)12-24-20(26)22-17(11-21-24)16-7-5-4-6-8-16/h4-11H,12H2,1-3H3,(H,23,25). The quantitative estimate of drug-likeness (QED) is 0.786. The van der Waals surface area contributed by atoms with Gasteiger partial charge in [0.1, 0.15) is 6.54 Å². The van der Waals surface area contributed by atoms with Crippen molar-refractivity contribution in [3.63, 3.8) is 0 Å². The van der Waals surface area contributed by atoms with E-state index in [4.69, 9.17) is 0 Å². The number of nitrogens with one attached hydrogen (secondary N) is 1. The lowest BCUT2D eigenvalue weighted by atomic mass is 10.1. The normalized spacial score (nSPS) is 10.6. The number of rotatable bonds is 4. The second kappa shape index (κ2) is 7.31. The number of carbonyl (C=O) groups is 1. The fraction of sp³-hybridized carbons (Fsp3) is 0.200. The number of hydrogen-bond donors (Lipinski definition) is 1. The molecule has 0 spiro atoms. The Hall–Kier alpha value is -3.28. The Kier molecular flexibility index (Phi) is 4.93. The molecule has 2 aromatic carbocycles. The zero-order chi connectivity index (χ0) is 18.7. The van der Waals surface area contributed by atoms with Crippen molar-refractivity contribution in [3.8, 4) is 11.3 Å². The van der Waals surface area contributed by atoms with Crippen molar-refractivity contribution in [2.75, 3.05) is 5.32 Å². The molecule has 3 rings (SSSR count). The van der Waals surface area contributed by atoms with Gasteiger partial charge in [-0.05, 0) is 31.9 Å². The van der Waals surface area contributed by atoms with Crippen LogP contribution in [0.3, 0.4) is 0 Å². The average Bonchev–Trinajstić information content (AvgIpc) is 2.60. The number of hydrogen-bond acceptors (Lipinski definition) is 4. The van der Waals surface area contributed by atoms with Crippen LogP contribution in [0.15, 0.2) is 53.5 Å². The predicted molar refractivity (Wildman–Crippen MR) is 101 cm³/mol. The topological polar surface area (TPSA) is 76.9 Å². The van der Waals surface area contributed by atoms with E-state index < -0.39 is 5.69 Å². The minimum atomic E-state index is -0.557. The van der Waals surface area contributed by atoms with Crippen molar-refractivity contribution in [2.24, 2.45) is 0 Å². The second-order valence-corrected chi connectivity index (χ2v) is 6.27. The number of anilines is 1. The van der Waals surface area contributed by atoms with Gasteiger partial charge in [-0.25, -0.2) is 9.48 Å². The van der Waals surface area contributed by atoms with Crippen LogP contribution in [-0.4, -0.2) is 20.7 Å². The largest absolute Gasteiger partial charge is 0.365 e. The molecular weight excluding hydrogens is 328 g/mol. The summed E-state index contributed by atoms with van der Waals surface area (Å²) < 4.78 is 1.06. The van der Waals surface area contributed by atoms with Crippen molar-refractivity contribution < 1.29 is 4.79 Å². The summed E-state index contributed by atoms with van der Waals surface area (Å²) in [6.07, 6.45) is 1.49. The molecule has 6 nitrogen and oxygen atoms in total. The molecule has 0 fully saturated rings. The third-order valence-electron chi connectivity index (χ3n) is 4.06. The van der Waals surface area contributed by atoms with E-state index >= 15 is 0 Å². The van der Waals surface area contributed by atoms with Crippen molar-refractivity contribution in [1.29, 1.82) is 0 Å². The van der Waals surface area contributed by atoms with Crippen LogP contribution in [0.1, 0.15) is 16.7 Å². The highest BCUT2D eigenvalue weighted by Gasteiger charge is 2.11. The summed E-state index contributed by atoms with van der Waals surface area (Å²) in [5.41, 5.74) is 4.59. The first-order chi connectivity index (χ1) is 12.4. The number of benzene rings is 2. The molecular formula is C20H20N4O2.